The second-order valence-electron chi connectivity index (χ2n) is 9.69. The van der Waals surface area contributed by atoms with E-state index in [-0.39, 0.29) is 12.1 Å². The van der Waals surface area contributed by atoms with Crippen molar-refractivity contribution in [2.24, 2.45) is 34.5 Å². The molecule has 4 aliphatic carbocycles. The fourth-order valence-electron chi connectivity index (χ4n) is 7.70. The number of carbonyl (C=O) groups is 1. The van der Waals surface area contributed by atoms with E-state index in [1.165, 1.54) is 57.8 Å². The fourth-order valence-corrected chi connectivity index (χ4v) is 7.70. The number of hydrogen-bond acceptors (Lipinski definition) is 2. The van der Waals surface area contributed by atoms with Gasteiger partial charge in [-0.2, -0.15) is 0 Å². The summed E-state index contributed by atoms with van der Waals surface area (Å²) in [6.45, 7) is 6.72. The number of hydrogen-bond donors (Lipinski definition) is 0. The monoisotopic (exact) mass is 318 g/mol. The average molecular weight is 319 g/mol. The molecule has 0 spiro atoms. The highest BCUT2D eigenvalue weighted by Gasteiger charge is 2.59. The standard InChI is InChI=1S/C21H34O2/c1-14(22)23-19-7-5-12-21(3)17-10-13-20(2)11-4-6-16(20)15(17)8-9-18(19)21/h15-19H,4-13H2,1-3H3/t15-,16-,17-,18-,19+,20-,21+/m0/s1. The highest BCUT2D eigenvalue weighted by atomic mass is 16.5. The van der Waals surface area contributed by atoms with Gasteiger partial charge >= 0.3 is 5.97 Å². The van der Waals surface area contributed by atoms with Gasteiger partial charge in [0.05, 0.1) is 0 Å². The summed E-state index contributed by atoms with van der Waals surface area (Å²) in [6, 6.07) is 0. The zero-order valence-corrected chi connectivity index (χ0v) is 15.3. The maximum Gasteiger partial charge on any atom is 0.302 e. The van der Waals surface area contributed by atoms with Crippen LogP contribution in [0.25, 0.3) is 0 Å². The van der Waals surface area contributed by atoms with E-state index >= 15 is 0 Å². The van der Waals surface area contributed by atoms with Crippen LogP contribution in [0.3, 0.4) is 0 Å². The van der Waals surface area contributed by atoms with Gasteiger partial charge in [-0.25, -0.2) is 0 Å². The molecule has 0 N–H and O–H groups in total. The maximum atomic E-state index is 11.5. The number of rotatable bonds is 1. The van der Waals surface area contributed by atoms with Crippen LogP contribution in [0, 0.1) is 34.5 Å². The largest absolute Gasteiger partial charge is 0.462 e. The van der Waals surface area contributed by atoms with E-state index in [0.717, 1.165) is 24.2 Å². The molecule has 0 unspecified atom stereocenters. The minimum absolute atomic E-state index is 0.0756. The Morgan fingerprint density at radius 3 is 2.43 bits per heavy atom. The zero-order valence-electron chi connectivity index (χ0n) is 15.3. The van der Waals surface area contributed by atoms with Crippen molar-refractivity contribution in [3.05, 3.63) is 0 Å². The molecule has 0 amide bonds. The third-order valence-electron chi connectivity index (χ3n) is 8.69. The van der Waals surface area contributed by atoms with Crippen molar-refractivity contribution < 1.29 is 9.53 Å². The Morgan fingerprint density at radius 1 is 0.870 bits per heavy atom. The van der Waals surface area contributed by atoms with Crippen LogP contribution in [-0.4, -0.2) is 12.1 Å². The van der Waals surface area contributed by atoms with Crippen LogP contribution in [0.2, 0.25) is 0 Å². The van der Waals surface area contributed by atoms with Crippen molar-refractivity contribution in [1.82, 2.24) is 0 Å². The summed E-state index contributed by atoms with van der Waals surface area (Å²) in [4.78, 5) is 11.5. The summed E-state index contributed by atoms with van der Waals surface area (Å²) in [5.74, 6) is 3.36. The molecule has 0 saturated heterocycles. The summed E-state index contributed by atoms with van der Waals surface area (Å²) in [6.07, 6.45) is 13.9. The molecule has 2 nitrogen and oxygen atoms in total. The first kappa shape index (κ1) is 16.0. The summed E-state index contributed by atoms with van der Waals surface area (Å²) >= 11 is 0. The van der Waals surface area contributed by atoms with E-state index in [0.29, 0.717) is 16.7 Å². The summed E-state index contributed by atoms with van der Waals surface area (Å²) < 4.78 is 5.77. The Balaban J connectivity index is 1.60. The van der Waals surface area contributed by atoms with Gasteiger partial charge in [0.1, 0.15) is 6.10 Å². The topological polar surface area (TPSA) is 26.3 Å². The minimum atomic E-state index is -0.0756. The summed E-state index contributed by atoms with van der Waals surface area (Å²) in [7, 11) is 0. The number of fused-ring (bicyclic) bond motifs is 5. The Hall–Kier alpha value is -0.530. The highest BCUT2D eigenvalue weighted by molar-refractivity contribution is 5.66. The second-order valence-corrected chi connectivity index (χ2v) is 9.69. The molecule has 4 saturated carbocycles. The van der Waals surface area contributed by atoms with E-state index in [4.69, 9.17) is 4.74 Å². The van der Waals surface area contributed by atoms with Crippen molar-refractivity contribution in [3.63, 3.8) is 0 Å². The first-order chi connectivity index (χ1) is 10.9. The molecule has 0 aromatic carbocycles. The molecule has 4 aliphatic rings. The molecule has 130 valence electrons. The van der Waals surface area contributed by atoms with Crippen LogP contribution in [0.5, 0.6) is 0 Å². The second kappa shape index (κ2) is 5.49. The van der Waals surface area contributed by atoms with Crippen molar-refractivity contribution in [1.29, 1.82) is 0 Å². The number of carbonyl (C=O) groups excluding carboxylic acids is 1. The lowest BCUT2D eigenvalue weighted by Crippen LogP contribution is -2.55. The van der Waals surface area contributed by atoms with E-state index < -0.39 is 0 Å². The molecule has 0 radical (unpaired) electrons. The normalized spacial score (nSPS) is 52.2. The molecule has 7 atom stereocenters. The molecular weight excluding hydrogens is 284 g/mol. The van der Waals surface area contributed by atoms with Crippen molar-refractivity contribution in [3.8, 4) is 0 Å². The molecule has 0 aliphatic heterocycles. The molecule has 23 heavy (non-hydrogen) atoms. The fraction of sp³-hybridized carbons (Fsp3) is 0.952. The van der Waals surface area contributed by atoms with Gasteiger partial charge in [-0.15, -0.1) is 0 Å². The van der Waals surface area contributed by atoms with E-state index in [9.17, 15) is 4.79 Å². The zero-order chi connectivity index (χ0) is 16.2. The van der Waals surface area contributed by atoms with Gasteiger partial charge in [-0.05, 0) is 86.4 Å². The molecule has 0 aromatic heterocycles. The third kappa shape index (κ3) is 2.38. The molecule has 0 aromatic rings. The molecule has 0 heterocycles. The minimum Gasteiger partial charge on any atom is -0.462 e. The lowest BCUT2D eigenvalue weighted by atomic mass is 9.45. The van der Waals surface area contributed by atoms with Gasteiger partial charge in [0.2, 0.25) is 0 Å². The Kier molecular flexibility index (Phi) is 3.81. The molecule has 4 rings (SSSR count). The van der Waals surface area contributed by atoms with E-state index in [1.807, 2.05) is 0 Å². The SMILES string of the molecule is CC(=O)O[C@@H]1CCC[C@]2(C)[C@H]3CC[C@]4(C)CCC[C@H]4[C@@H]3CC[C@@H]12. The highest BCUT2D eigenvalue weighted by Crippen LogP contribution is 2.66. The Morgan fingerprint density at radius 2 is 1.65 bits per heavy atom. The van der Waals surface area contributed by atoms with Gasteiger partial charge in [0.25, 0.3) is 0 Å². The van der Waals surface area contributed by atoms with Crippen LogP contribution < -0.4 is 0 Å². The van der Waals surface area contributed by atoms with Crippen LogP contribution in [0.15, 0.2) is 0 Å². The van der Waals surface area contributed by atoms with Crippen LogP contribution in [-0.2, 0) is 9.53 Å². The van der Waals surface area contributed by atoms with Crippen molar-refractivity contribution in [2.75, 3.05) is 0 Å². The molecular formula is C21H34O2. The predicted molar refractivity (Wildman–Crippen MR) is 91.9 cm³/mol. The van der Waals surface area contributed by atoms with Crippen molar-refractivity contribution in [2.45, 2.75) is 91.1 Å². The quantitative estimate of drug-likeness (QED) is 0.609. The maximum absolute atomic E-state index is 11.5. The van der Waals surface area contributed by atoms with E-state index in [2.05, 4.69) is 13.8 Å². The average Bonchev–Trinajstić information content (AvgIpc) is 2.88. The number of ether oxygens (including phenoxy) is 1. The Bertz CT molecular complexity index is 486. The van der Waals surface area contributed by atoms with Crippen LogP contribution in [0.1, 0.15) is 85.0 Å². The van der Waals surface area contributed by atoms with Crippen molar-refractivity contribution >= 4 is 5.97 Å². The smallest absolute Gasteiger partial charge is 0.302 e. The molecule has 0 bridgehead atoms. The Labute approximate surface area is 141 Å². The lowest BCUT2D eigenvalue weighted by molar-refractivity contribution is -0.172. The molecule has 4 fully saturated rings. The number of esters is 1. The van der Waals surface area contributed by atoms with Crippen LogP contribution in [0.4, 0.5) is 0 Å². The predicted octanol–water partition coefficient (Wildman–Crippen LogP) is 5.35. The summed E-state index contributed by atoms with van der Waals surface area (Å²) in [5, 5.41) is 0. The lowest BCUT2D eigenvalue weighted by Gasteiger charge is -2.61. The van der Waals surface area contributed by atoms with E-state index in [1.54, 1.807) is 6.92 Å². The van der Waals surface area contributed by atoms with Gasteiger partial charge in [-0.3, -0.25) is 4.79 Å². The summed E-state index contributed by atoms with van der Waals surface area (Å²) in [5.41, 5.74) is 1.07. The first-order valence-electron chi connectivity index (χ1n) is 10.1. The third-order valence-corrected chi connectivity index (χ3v) is 8.69. The van der Waals surface area contributed by atoms with Crippen LogP contribution >= 0.6 is 0 Å². The van der Waals surface area contributed by atoms with Gasteiger partial charge in [0.15, 0.2) is 0 Å². The molecule has 2 heteroatoms. The van der Waals surface area contributed by atoms with Gasteiger partial charge in [0, 0.05) is 12.8 Å². The van der Waals surface area contributed by atoms with Gasteiger partial charge in [-0.1, -0.05) is 20.3 Å². The first-order valence-corrected chi connectivity index (χ1v) is 10.1. The van der Waals surface area contributed by atoms with Gasteiger partial charge < -0.3 is 4.74 Å².